The number of aliphatic imine (C=N–C) groups is 1. The maximum atomic E-state index is 12.6. The van der Waals surface area contributed by atoms with Crippen molar-refractivity contribution in [3.05, 3.63) is 141 Å². The fraction of sp³-hybridized carbons (Fsp3) is 0.456. The SMILES string of the molecule is Cc1cc(C=Nc2ccccc2N(C)Cc2cc(C(C)(C)C)cc(C3c4ccc(C(C)(C)C)cc4-c4cc(C(C)(C)C)ccc43)c2O)c(O)c(C23CC4CC(CC(C4)C2)C3)c1. The Hall–Kier alpha value is -4.83. The summed E-state index contributed by atoms with van der Waals surface area (Å²) in [6.07, 6.45) is 9.64. The van der Waals surface area contributed by atoms with Gasteiger partial charge in [0.1, 0.15) is 11.5 Å². The third kappa shape index (κ3) is 7.50. The highest BCUT2D eigenvalue weighted by atomic mass is 16.3. The van der Waals surface area contributed by atoms with Crippen LogP contribution in [0.15, 0.2) is 89.9 Å². The van der Waals surface area contributed by atoms with E-state index in [4.69, 9.17) is 4.99 Å². The number of para-hydroxylation sites is 2. The summed E-state index contributed by atoms with van der Waals surface area (Å²) in [4.78, 5) is 7.30. The number of fused-ring (bicyclic) bond motifs is 3. The number of hydrogen-bond donors (Lipinski definition) is 2. The molecule has 0 saturated heterocycles. The number of phenols is 2. The molecule has 0 aromatic heterocycles. The molecule has 5 aromatic carbocycles. The Morgan fingerprint density at radius 1 is 0.639 bits per heavy atom. The lowest BCUT2D eigenvalue weighted by Crippen LogP contribution is -2.48. The number of aromatic hydroxyl groups is 2. The number of rotatable bonds is 7. The fourth-order valence-corrected chi connectivity index (χ4v) is 12.1. The van der Waals surface area contributed by atoms with E-state index in [1.807, 2.05) is 12.3 Å². The van der Waals surface area contributed by atoms with Gasteiger partial charge in [0.2, 0.25) is 0 Å². The van der Waals surface area contributed by atoms with Crippen LogP contribution in [0.1, 0.15) is 162 Å². The fourth-order valence-electron chi connectivity index (χ4n) is 12.1. The summed E-state index contributed by atoms with van der Waals surface area (Å²) in [5, 5.41) is 24.5. The second kappa shape index (κ2) is 14.6. The van der Waals surface area contributed by atoms with E-state index in [0.717, 1.165) is 51.4 Å². The average molecular weight is 813 g/mol. The second-order valence-corrected chi connectivity index (χ2v) is 22.9. The first-order valence-corrected chi connectivity index (χ1v) is 23.0. The van der Waals surface area contributed by atoms with Crippen molar-refractivity contribution in [1.82, 2.24) is 0 Å². The number of benzene rings is 5. The van der Waals surface area contributed by atoms with Gasteiger partial charge in [0.15, 0.2) is 0 Å². The highest BCUT2D eigenvalue weighted by Gasteiger charge is 2.52. The molecule has 5 aromatic rings. The van der Waals surface area contributed by atoms with Crippen LogP contribution in [-0.4, -0.2) is 23.5 Å². The minimum absolute atomic E-state index is 0.0126. The maximum Gasteiger partial charge on any atom is 0.128 e. The van der Waals surface area contributed by atoms with Gasteiger partial charge in [0.05, 0.1) is 11.4 Å². The van der Waals surface area contributed by atoms with Gasteiger partial charge >= 0.3 is 0 Å². The van der Waals surface area contributed by atoms with Crippen molar-refractivity contribution in [1.29, 1.82) is 0 Å². The molecule has 0 atom stereocenters. The van der Waals surface area contributed by atoms with Crippen molar-refractivity contribution in [2.45, 2.75) is 142 Å². The number of hydrogen-bond acceptors (Lipinski definition) is 4. The molecule has 5 aliphatic rings. The first-order chi connectivity index (χ1) is 28.7. The molecule has 0 heterocycles. The average Bonchev–Trinajstić information content (AvgIpc) is 3.50. The summed E-state index contributed by atoms with van der Waals surface area (Å²) >= 11 is 0. The van der Waals surface area contributed by atoms with Gasteiger partial charge in [0.25, 0.3) is 0 Å². The molecule has 0 amide bonds. The Labute approximate surface area is 366 Å². The van der Waals surface area contributed by atoms with Gasteiger partial charge < -0.3 is 15.1 Å². The summed E-state index contributed by atoms with van der Waals surface area (Å²) in [6.45, 7) is 23.1. The number of nitrogens with zero attached hydrogens (tertiary/aromatic N) is 2. The van der Waals surface area contributed by atoms with Crippen LogP contribution in [0.4, 0.5) is 11.4 Å². The lowest BCUT2D eigenvalue weighted by atomic mass is 9.48. The molecule has 2 N–H and O–H groups in total. The molecular formula is C57H68N2O2. The van der Waals surface area contributed by atoms with E-state index >= 15 is 0 Å². The van der Waals surface area contributed by atoms with Gasteiger partial charge in [-0.1, -0.05) is 123 Å². The highest BCUT2D eigenvalue weighted by molar-refractivity contribution is 5.88. The molecule has 61 heavy (non-hydrogen) atoms. The van der Waals surface area contributed by atoms with E-state index < -0.39 is 0 Å². The molecule has 4 fully saturated rings. The zero-order valence-corrected chi connectivity index (χ0v) is 38.7. The Kier molecular flexibility index (Phi) is 9.96. The van der Waals surface area contributed by atoms with Gasteiger partial charge in [-0.25, -0.2) is 0 Å². The van der Waals surface area contributed by atoms with E-state index in [1.165, 1.54) is 83.0 Å². The summed E-state index contributed by atoms with van der Waals surface area (Å²) < 4.78 is 0. The number of aryl methyl sites for hydroxylation is 1. The van der Waals surface area contributed by atoms with Gasteiger partial charge in [-0.05, 0) is 154 Å². The lowest BCUT2D eigenvalue weighted by molar-refractivity contribution is -0.00616. The van der Waals surface area contributed by atoms with Crippen LogP contribution in [0.25, 0.3) is 11.1 Å². The van der Waals surface area contributed by atoms with Crippen molar-refractivity contribution < 1.29 is 10.2 Å². The minimum Gasteiger partial charge on any atom is -0.507 e. The molecular weight excluding hydrogens is 745 g/mol. The van der Waals surface area contributed by atoms with Gasteiger partial charge in [-0.3, -0.25) is 4.99 Å². The molecule has 4 bridgehead atoms. The summed E-state index contributed by atoms with van der Waals surface area (Å²) in [6, 6.07) is 31.1. The molecule has 4 heteroatoms. The molecule has 10 rings (SSSR count). The van der Waals surface area contributed by atoms with Crippen molar-refractivity contribution in [3.8, 4) is 22.6 Å². The van der Waals surface area contributed by atoms with Crippen LogP contribution in [0.5, 0.6) is 11.5 Å². The van der Waals surface area contributed by atoms with Crippen molar-refractivity contribution >= 4 is 17.6 Å². The maximum absolute atomic E-state index is 12.6. The number of anilines is 1. The molecule has 5 aliphatic carbocycles. The molecule has 0 unspecified atom stereocenters. The normalized spacial score (nSPS) is 22.2. The lowest BCUT2D eigenvalue weighted by Gasteiger charge is -2.57. The van der Waals surface area contributed by atoms with E-state index in [2.05, 4.69) is 160 Å². The molecule has 0 aliphatic heterocycles. The highest BCUT2D eigenvalue weighted by Crippen LogP contribution is 2.62. The van der Waals surface area contributed by atoms with Crippen LogP contribution in [0.3, 0.4) is 0 Å². The molecule has 4 saturated carbocycles. The zero-order chi connectivity index (χ0) is 43.4. The quantitative estimate of drug-likeness (QED) is 0.158. The van der Waals surface area contributed by atoms with E-state index in [9.17, 15) is 10.2 Å². The predicted octanol–water partition coefficient (Wildman–Crippen LogP) is 14.3. The van der Waals surface area contributed by atoms with Crippen LogP contribution in [0, 0.1) is 24.7 Å². The monoisotopic (exact) mass is 813 g/mol. The Balaban J connectivity index is 1.08. The standard InChI is InChI=1S/C57H68N2O2/c1-34-20-38(53(61)48(21-34)57-29-35-22-36(30-57)24-37(23-35)31-57)32-58-49-14-12-13-15-50(49)59(11)33-39-25-42(56(8,9)10)28-47(52(39)60)51-43-18-16-40(54(2,3)4)26-45(43)46-27-41(55(5,6)7)17-19-44(46)51/h12-21,25-28,32,35-37,51,60-61H,22-24,29-31,33H2,1-11H3. The van der Waals surface area contributed by atoms with Crippen LogP contribution in [0.2, 0.25) is 0 Å². The van der Waals surface area contributed by atoms with Gasteiger partial charge in [0, 0.05) is 48.0 Å². The first-order valence-electron chi connectivity index (χ1n) is 23.0. The van der Waals surface area contributed by atoms with Gasteiger partial charge in [-0.15, -0.1) is 0 Å². The van der Waals surface area contributed by atoms with E-state index in [1.54, 1.807) is 0 Å². The zero-order valence-electron chi connectivity index (χ0n) is 38.7. The Morgan fingerprint density at radius 2 is 1.18 bits per heavy atom. The molecule has 0 radical (unpaired) electrons. The molecule has 318 valence electrons. The van der Waals surface area contributed by atoms with Crippen LogP contribution >= 0.6 is 0 Å². The van der Waals surface area contributed by atoms with E-state index in [-0.39, 0.29) is 27.6 Å². The first kappa shape index (κ1) is 41.5. The Bertz CT molecular complexity index is 2460. The molecule has 4 nitrogen and oxygen atoms in total. The van der Waals surface area contributed by atoms with Crippen molar-refractivity contribution in [2.75, 3.05) is 11.9 Å². The minimum atomic E-state index is -0.140. The molecule has 0 spiro atoms. The van der Waals surface area contributed by atoms with Crippen LogP contribution < -0.4 is 4.90 Å². The summed E-state index contributed by atoms with van der Waals surface area (Å²) in [7, 11) is 2.09. The largest absolute Gasteiger partial charge is 0.507 e. The third-order valence-corrected chi connectivity index (χ3v) is 15.1. The summed E-state index contributed by atoms with van der Waals surface area (Å²) in [5.74, 6) is 3.08. The van der Waals surface area contributed by atoms with Crippen LogP contribution in [-0.2, 0) is 28.2 Å². The van der Waals surface area contributed by atoms with Crippen molar-refractivity contribution in [3.63, 3.8) is 0 Å². The van der Waals surface area contributed by atoms with Gasteiger partial charge in [-0.2, -0.15) is 0 Å². The summed E-state index contributed by atoms with van der Waals surface area (Å²) in [5.41, 5.74) is 15.6. The third-order valence-electron chi connectivity index (χ3n) is 15.1. The van der Waals surface area contributed by atoms with E-state index in [0.29, 0.717) is 18.0 Å². The van der Waals surface area contributed by atoms with Crippen molar-refractivity contribution in [2.24, 2.45) is 22.7 Å². The smallest absolute Gasteiger partial charge is 0.128 e. The predicted molar refractivity (Wildman–Crippen MR) is 256 cm³/mol. The topological polar surface area (TPSA) is 56.1 Å². The number of phenolic OH excluding ortho intramolecular Hbond substituents is 2. The second-order valence-electron chi connectivity index (χ2n) is 22.9. The Morgan fingerprint density at radius 3 is 1.72 bits per heavy atom.